The maximum atomic E-state index is 13.2. The fourth-order valence-corrected chi connectivity index (χ4v) is 4.48. The zero-order chi connectivity index (χ0) is 24.6. The Balaban J connectivity index is 1.45. The highest BCUT2D eigenvalue weighted by Gasteiger charge is 2.21. The molecule has 0 saturated heterocycles. The summed E-state index contributed by atoms with van der Waals surface area (Å²) in [6, 6.07) is 13.4. The van der Waals surface area contributed by atoms with Gasteiger partial charge in [0, 0.05) is 16.3 Å². The van der Waals surface area contributed by atoms with Crippen molar-refractivity contribution >= 4 is 49.9 Å². The van der Waals surface area contributed by atoms with Crippen molar-refractivity contribution in [2.24, 2.45) is 0 Å². The molecule has 35 heavy (non-hydrogen) atoms. The Bertz CT molecular complexity index is 1660. The van der Waals surface area contributed by atoms with Gasteiger partial charge in [0.05, 0.1) is 16.0 Å². The summed E-state index contributed by atoms with van der Waals surface area (Å²) in [6.07, 6.45) is 0. The third-order valence-corrected chi connectivity index (χ3v) is 6.51. The van der Waals surface area contributed by atoms with E-state index in [9.17, 15) is 17.6 Å². The first kappa shape index (κ1) is 22.4. The lowest BCUT2D eigenvalue weighted by Gasteiger charge is -2.09. The van der Waals surface area contributed by atoms with Gasteiger partial charge in [0.1, 0.15) is 5.82 Å². The fourth-order valence-electron chi connectivity index (χ4n) is 3.26. The lowest BCUT2D eigenvalue weighted by Crippen LogP contribution is -2.14. The van der Waals surface area contributed by atoms with E-state index in [1.807, 2.05) is 0 Å². The first-order valence-electron chi connectivity index (χ1n) is 9.83. The van der Waals surface area contributed by atoms with Gasteiger partial charge in [-0.1, -0.05) is 16.8 Å². The number of amides is 1. The van der Waals surface area contributed by atoms with Crippen LogP contribution in [0.5, 0.6) is 0 Å². The van der Waals surface area contributed by atoms with E-state index in [-0.39, 0.29) is 33.1 Å². The van der Waals surface area contributed by atoms with Gasteiger partial charge in [0.25, 0.3) is 15.9 Å². The molecule has 14 heteroatoms. The Morgan fingerprint density at radius 3 is 2.60 bits per heavy atom. The van der Waals surface area contributed by atoms with Crippen molar-refractivity contribution in [1.82, 2.24) is 25.8 Å². The summed E-state index contributed by atoms with van der Waals surface area (Å²) in [4.78, 5) is 12.9. The molecule has 0 saturated carbocycles. The number of fused-ring (bicyclic) bond motifs is 1. The normalized spacial score (nSPS) is 11.5. The summed E-state index contributed by atoms with van der Waals surface area (Å²) in [7, 11) is -4.00. The number of nitrogens with one attached hydrogen (secondary N) is 3. The van der Waals surface area contributed by atoms with Crippen molar-refractivity contribution in [3.8, 4) is 11.4 Å². The number of carbonyl (C=O) groups excluding carboxylic acids is 1. The fraction of sp³-hybridized carbons (Fsp3) is 0. The summed E-state index contributed by atoms with van der Waals surface area (Å²) in [5, 5.41) is 20.8. The standard InChI is InChI=1S/C21H13ClFN7O4S/c22-11-1-7-17(15(9-11)20-25-29-30-26-20)24-21(31)19-16-10-13(4-8-18(16)34-27-19)28-35(32,33)14-5-2-12(23)3-6-14/h1-10,28H,(H,24,31)(H,25,26,29,30). The molecule has 3 aromatic carbocycles. The number of tetrazole rings is 1. The van der Waals surface area contributed by atoms with Crippen LogP contribution in [0.15, 0.2) is 70.1 Å². The smallest absolute Gasteiger partial charge is 0.278 e. The number of hydrogen-bond acceptors (Lipinski definition) is 8. The molecule has 176 valence electrons. The molecule has 11 nitrogen and oxygen atoms in total. The van der Waals surface area contributed by atoms with Crippen LogP contribution in [0.4, 0.5) is 15.8 Å². The van der Waals surface area contributed by atoms with E-state index in [1.165, 1.54) is 18.2 Å². The summed E-state index contributed by atoms with van der Waals surface area (Å²) in [6.45, 7) is 0. The minimum atomic E-state index is -4.00. The molecular weight excluding hydrogens is 501 g/mol. The number of halogens is 2. The van der Waals surface area contributed by atoms with Crippen LogP contribution in [0.3, 0.4) is 0 Å². The molecule has 0 spiro atoms. The first-order chi connectivity index (χ1) is 16.8. The average molecular weight is 514 g/mol. The molecule has 1 amide bonds. The maximum Gasteiger partial charge on any atom is 0.278 e. The summed E-state index contributed by atoms with van der Waals surface area (Å²) in [5.41, 5.74) is 1.08. The molecule has 0 radical (unpaired) electrons. The molecule has 2 aromatic heterocycles. The highest BCUT2D eigenvalue weighted by Crippen LogP contribution is 2.30. The van der Waals surface area contributed by atoms with Crippen LogP contribution in [0.1, 0.15) is 10.5 Å². The molecule has 5 aromatic rings. The number of aromatic amines is 1. The number of hydrogen-bond donors (Lipinski definition) is 3. The minimum Gasteiger partial charge on any atom is -0.355 e. The van der Waals surface area contributed by atoms with Crippen molar-refractivity contribution in [1.29, 1.82) is 0 Å². The van der Waals surface area contributed by atoms with Crippen molar-refractivity contribution in [3.63, 3.8) is 0 Å². The lowest BCUT2D eigenvalue weighted by atomic mass is 10.1. The second-order valence-electron chi connectivity index (χ2n) is 7.18. The third-order valence-electron chi connectivity index (χ3n) is 4.88. The number of rotatable bonds is 6. The largest absolute Gasteiger partial charge is 0.355 e. The minimum absolute atomic E-state index is 0.0863. The predicted molar refractivity (Wildman–Crippen MR) is 124 cm³/mol. The van der Waals surface area contributed by atoms with Crippen molar-refractivity contribution in [2.45, 2.75) is 4.90 Å². The molecule has 3 N–H and O–H groups in total. The van der Waals surface area contributed by atoms with E-state index in [1.54, 1.807) is 18.2 Å². The van der Waals surface area contributed by atoms with E-state index in [0.717, 1.165) is 24.3 Å². The molecular formula is C21H13ClFN7O4S. The van der Waals surface area contributed by atoms with Gasteiger partial charge in [-0.3, -0.25) is 9.52 Å². The Hall–Kier alpha value is -4.36. The quantitative estimate of drug-likeness (QED) is 0.309. The highest BCUT2D eigenvalue weighted by atomic mass is 35.5. The van der Waals surface area contributed by atoms with Crippen molar-refractivity contribution < 1.29 is 22.1 Å². The second-order valence-corrected chi connectivity index (χ2v) is 9.30. The molecule has 2 heterocycles. The Morgan fingerprint density at radius 2 is 1.86 bits per heavy atom. The van der Waals surface area contributed by atoms with Gasteiger partial charge in [-0.2, -0.15) is 5.21 Å². The number of carbonyl (C=O) groups is 1. The Morgan fingerprint density at radius 1 is 1.06 bits per heavy atom. The first-order valence-corrected chi connectivity index (χ1v) is 11.7. The van der Waals surface area contributed by atoms with Crippen LogP contribution in [0, 0.1) is 5.82 Å². The SMILES string of the molecule is O=C(Nc1ccc(Cl)cc1-c1nn[nH]n1)c1noc2ccc(NS(=O)(=O)c3ccc(F)cc3)cc12. The predicted octanol–water partition coefficient (Wildman–Crippen LogP) is 3.85. The lowest BCUT2D eigenvalue weighted by molar-refractivity contribution is 0.102. The van der Waals surface area contributed by atoms with Crippen molar-refractivity contribution in [2.75, 3.05) is 10.0 Å². The van der Waals surface area contributed by atoms with Gasteiger partial charge in [-0.15, -0.1) is 10.2 Å². The van der Waals surface area contributed by atoms with Crippen LogP contribution >= 0.6 is 11.6 Å². The number of H-pyrrole nitrogens is 1. The van der Waals surface area contributed by atoms with E-state index in [2.05, 4.69) is 35.8 Å². The number of sulfonamides is 1. The van der Waals surface area contributed by atoms with Crippen LogP contribution in [0.2, 0.25) is 5.02 Å². The summed E-state index contributed by atoms with van der Waals surface area (Å²) in [5.74, 6) is -0.978. The summed E-state index contributed by atoms with van der Waals surface area (Å²) < 4.78 is 46.1. The topological polar surface area (TPSA) is 156 Å². The second kappa shape index (κ2) is 8.77. The molecule has 0 bridgehead atoms. The number of aromatic nitrogens is 5. The molecule has 0 atom stereocenters. The van der Waals surface area contributed by atoms with Crippen molar-refractivity contribution in [3.05, 3.63) is 77.2 Å². The third kappa shape index (κ3) is 4.54. The van der Waals surface area contributed by atoms with Gasteiger partial charge in [0.15, 0.2) is 11.3 Å². The molecule has 0 unspecified atom stereocenters. The highest BCUT2D eigenvalue weighted by molar-refractivity contribution is 7.92. The molecule has 0 aliphatic heterocycles. The van der Waals surface area contributed by atoms with Gasteiger partial charge < -0.3 is 9.84 Å². The van der Waals surface area contributed by atoms with E-state index >= 15 is 0 Å². The average Bonchev–Trinajstić information content (AvgIpc) is 3.50. The zero-order valence-electron chi connectivity index (χ0n) is 17.4. The van der Waals surface area contributed by atoms with E-state index < -0.39 is 21.7 Å². The van der Waals surface area contributed by atoms with Gasteiger partial charge in [-0.05, 0) is 65.9 Å². The number of anilines is 2. The Labute approximate surface area is 201 Å². The number of benzene rings is 3. The van der Waals surface area contributed by atoms with Gasteiger partial charge >= 0.3 is 0 Å². The number of nitrogens with zero attached hydrogens (tertiary/aromatic N) is 4. The van der Waals surface area contributed by atoms with Gasteiger partial charge in [-0.25, -0.2) is 12.8 Å². The molecule has 0 aliphatic carbocycles. The Kier molecular flexibility index (Phi) is 5.62. The molecule has 0 fully saturated rings. The summed E-state index contributed by atoms with van der Waals surface area (Å²) >= 11 is 6.07. The molecule has 0 aliphatic rings. The van der Waals surface area contributed by atoms with Crippen LogP contribution in [-0.4, -0.2) is 40.1 Å². The van der Waals surface area contributed by atoms with E-state index in [4.69, 9.17) is 16.1 Å². The van der Waals surface area contributed by atoms with Crippen LogP contribution in [-0.2, 0) is 10.0 Å². The van der Waals surface area contributed by atoms with Gasteiger partial charge in [0.2, 0.25) is 5.82 Å². The maximum absolute atomic E-state index is 13.2. The van der Waals surface area contributed by atoms with E-state index in [0.29, 0.717) is 16.3 Å². The molecule has 5 rings (SSSR count). The van der Waals surface area contributed by atoms with Crippen LogP contribution < -0.4 is 10.0 Å². The monoisotopic (exact) mass is 513 g/mol. The van der Waals surface area contributed by atoms with Crippen LogP contribution in [0.25, 0.3) is 22.4 Å². The zero-order valence-corrected chi connectivity index (χ0v) is 18.9.